The normalized spacial score (nSPS) is 11.1. The van der Waals surface area contributed by atoms with Crippen molar-refractivity contribution in [3.63, 3.8) is 0 Å². The van der Waals surface area contributed by atoms with Crippen molar-refractivity contribution >= 4 is 28.0 Å². The minimum atomic E-state index is -0.230. The average molecular weight is 338 g/mol. The topological polar surface area (TPSA) is 77.1 Å². The van der Waals surface area contributed by atoms with Crippen LogP contribution in [0.4, 0.5) is 5.13 Å². The van der Waals surface area contributed by atoms with Crippen LogP contribution in [0, 0.1) is 6.92 Å². The van der Waals surface area contributed by atoms with Crippen LogP contribution >= 0.6 is 11.3 Å². The molecule has 4 rings (SSSR count). The van der Waals surface area contributed by atoms with E-state index in [2.05, 4.69) is 20.4 Å². The number of hydrogen-bond donors (Lipinski definition) is 1. The maximum absolute atomic E-state index is 12.7. The highest BCUT2D eigenvalue weighted by Crippen LogP contribution is 2.23. The van der Waals surface area contributed by atoms with Gasteiger partial charge in [0.1, 0.15) is 5.65 Å². The Morgan fingerprint density at radius 3 is 2.88 bits per heavy atom. The molecule has 1 amide bonds. The van der Waals surface area contributed by atoms with E-state index in [0.29, 0.717) is 16.3 Å². The van der Waals surface area contributed by atoms with Gasteiger partial charge in [-0.2, -0.15) is 5.10 Å². The Kier molecular flexibility index (Phi) is 3.39. The molecule has 8 heteroatoms. The Balaban J connectivity index is 1.78. The number of anilines is 1. The Bertz CT molecular complexity index is 1040. The lowest BCUT2D eigenvalue weighted by atomic mass is 10.1. The molecule has 0 atom stereocenters. The van der Waals surface area contributed by atoms with Crippen LogP contribution in [-0.4, -0.2) is 30.1 Å². The van der Waals surface area contributed by atoms with Gasteiger partial charge >= 0.3 is 0 Å². The highest BCUT2D eigenvalue weighted by Gasteiger charge is 2.16. The van der Waals surface area contributed by atoms with Gasteiger partial charge in [-0.3, -0.25) is 14.8 Å². The fourth-order valence-electron chi connectivity index (χ4n) is 2.50. The van der Waals surface area contributed by atoms with Crippen molar-refractivity contribution in [2.75, 3.05) is 5.32 Å². The number of thiazole rings is 1. The summed E-state index contributed by atoms with van der Waals surface area (Å²) in [4.78, 5) is 21.3. The van der Waals surface area contributed by atoms with Gasteiger partial charge in [0, 0.05) is 48.3 Å². The third-order valence-corrected chi connectivity index (χ3v) is 4.49. The van der Waals surface area contributed by atoms with Crippen molar-refractivity contribution in [2.45, 2.75) is 6.92 Å². The molecule has 1 N–H and O–H groups in total. The molecule has 0 spiro atoms. The van der Waals surface area contributed by atoms with Gasteiger partial charge in [0.2, 0.25) is 0 Å². The van der Waals surface area contributed by atoms with Crippen molar-refractivity contribution in [3.8, 4) is 11.1 Å². The molecule has 120 valence electrons. The van der Waals surface area contributed by atoms with E-state index in [-0.39, 0.29) is 5.91 Å². The molecule has 7 nitrogen and oxygen atoms in total. The summed E-state index contributed by atoms with van der Waals surface area (Å²) in [5, 5.41) is 9.50. The molecule has 0 bridgehead atoms. The molecule has 0 aliphatic carbocycles. The summed E-state index contributed by atoms with van der Waals surface area (Å²) in [6, 6.07) is 1.83. The first kappa shape index (κ1) is 14.6. The second-order valence-corrected chi connectivity index (χ2v) is 6.31. The lowest BCUT2D eigenvalue weighted by Gasteiger charge is -2.07. The molecule has 4 aromatic rings. The molecule has 0 aliphatic heterocycles. The second-order valence-electron chi connectivity index (χ2n) is 5.45. The van der Waals surface area contributed by atoms with Crippen molar-refractivity contribution in [1.29, 1.82) is 0 Å². The highest BCUT2D eigenvalue weighted by atomic mass is 32.1. The van der Waals surface area contributed by atoms with Gasteiger partial charge < -0.3 is 4.40 Å². The first-order chi connectivity index (χ1) is 11.6. The number of pyridine rings is 1. The lowest BCUT2D eigenvalue weighted by molar-refractivity contribution is 0.102. The standard InChI is InChI=1S/C16H14N6OS/c1-10-9-24-16(19-10)20-15(23)13-5-11(12-6-18-21(2)7-12)8-22-4-3-17-14(13)22/h3-9H,1-2H3,(H,19,20,23). The number of hydrogen-bond acceptors (Lipinski definition) is 5. The number of carbonyl (C=O) groups is 1. The van der Waals surface area contributed by atoms with Gasteiger partial charge in [0.05, 0.1) is 17.5 Å². The molecule has 0 aliphatic rings. The van der Waals surface area contributed by atoms with E-state index in [1.54, 1.807) is 17.1 Å². The summed E-state index contributed by atoms with van der Waals surface area (Å²) in [7, 11) is 1.86. The van der Waals surface area contributed by atoms with Crippen LogP contribution in [0.15, 0.2) is 42.4 Å². The zero-order valence-corrected chi connectivity index (χ0v) is 13.9. The van der Waals surface area contributed by atoms with E-state index in [4.69, 9.17) is 0 Å². The maximum Gasteiger partial charge on any atom is 0.261 e. The average Bonchev–Trinajstić information content (AvgIpc) is 3.27. The summed E-state index contributed by atoms with van der Waals surface area (Å²) < 4.78 is 3.57. The number of carbonyl (C=O) groups excluding carboxylic acids is 1. The first-order valence-corrected chi connectivity index (χ1v) is 8.17. The predicted octanol–water partition coefficient (Wildman–Crippen LogP) is 2.75. The summed E-state index contributed by atoms with van der Waals surface area (Å²) in [6.45, 7) is 1.89. The molecular weight excluding hydrogens is 324 g/mol. The number of nitrogens with zero attached hydrogens (tertiary/aromatic N) is 5. The lowest BCUT2D eigenvalue weighted by Crippen LogP contribution is -2.13. The van der Waals surface area contributed by atoms with Gasteiger partial charge in [-0.15, -0.1) is 11.3 Å². The van der Waals surface area contributed by atoms with E-state index in [1.165, 1.54) is 11.3 Å². The fraction of sp³-hybridized carbons (Fsp3) is 0.125. The SMILES string of the molecule is Cc1csc(NC(=O)c2cc(-c3cnn(C)c3)cn3ccnc23)n1. The monoisotopic (exact) mass is 338 g/mol. The maximum atomic E-state index is 12.7. The Morgan fingerprint density at radius 1 is 1.29 bits per heavy atom. The van der Waals surface area contributed by atoms with Crippen LogP contribution in [0.3, 0.4) is 0 Å². The van der Waals surface area contributed by atoms with Crippen LogP contribution in [-0.2, 0) is 7.05 Å². The van der Waals surface area contributed by atoms with E-state index in [9.17, 15) is 4.79 Å². The molecule has 0 fully saturated rings. The molecular formula is C16H14N6OS. The van der Waals surface area contributed by atoms with Crippen molar-refractivity contribution in [3.05, 3.63) is 53.7 Å². The third kappa shape index (κ3) is 2.56. The molecule has 4 heterocycles. The van der Waals surface area contributed by atoms with E-state index in [0.717, 1.165) is 16.8 Å². The fourth-order valence-corrected chi connectivity index (χ4v) is 3.19. The Morgan fingerprint density at radius 2 is 2.17 bits per heavy atom. The van der Waals surface area contributed by atoms with Crippen LogP contribution < -0.4 is 5.32 Å². The van der Waals surface area contributed by atoms with E-state index in [1.807, 2.05) is 48.4 Å². The van der Waals surface area contributed by atoms with Gasteiger partial charge in [-0.25, -0.2) is 9.97 Å². The minimum Gasteiger partial charge on any atom is -0.306 e. The van der Waals surface area contributed by atoms with Crippen LogP contribution in [0.25, 0.3) is 16.8 Å². The van der Waals surface area contributed by atoms with Gasteiger partial charge in [-0.1, -0.05) is 0 Å². The van der Waals surface area contributed by atoms with Crippen LogP contribution in [0.1, 0.15) is 16.1 Å². The second kappa shape index (κ2) is 5.57. The Labute approximate surface area is 141 Å². The van der Waals surface area contributed by atoms with E-state index < -0.39 is 0 Å². The highest BCUT2D eigenvalue weighted by molar-refractivity contribution is 7.13. The van der Waals surface area contributed by atoms with Crippen molar-refractivity contribution in [2.24, 2.45) is 7.05 Å². The van der Waals surface area contributed by atoms with Gasteiger partial charge in [0.15, 0.2) is 5.13 Å². The minimum absolute atomic E-state index is 0.230. The summed E-state index contributed by atoms with van der Waals surface area (Å²) in [5.74, 6) is -0.230. The van der Waals surface area contributed by atoms with Crippen LogP contribution in [0.2, 0.25) is 0 Å². The number of fused-ring (bicyclic) bond motifs is 1. The molecule has 0 saturated heterocycles. The van der Waals surface area contributed by atoms with Gasteiger partial charge in [-0.05, 0) is 13.0 Å². The summed E-state index contributed by atoms with van der Waals surface area (Å²) in [5.41, 5.74) is 3.81. The number of aromatic nitrogens is 5. The molecule has 24 heavy (non-hydrogen) atoms. The number of amides is 1. The van der Waals surface area contributed by atoms with Crippen molar-refractivity contribution in [1.82, 2.24) is 24.1 Å². The molecule has 0 unspecified atom stereocenters. The smallest absolute Gasteiger partial charge is 0.261 e. The molecule has 0 saturated carbocycles. The molecule has 0 radical (unpaired) electrons. The number of aryl methyl sites for hydroxylation is 2. The van der Waals surface area contributed by atoms with Gasteiger partial charge in [0.25, 0.3) is 5.91 Å². The Hall–Kier alpha value is -3.00. The van der Waals surface area contributed by atoms with Crippen molar-refractivity contribution < 1.29 is 4.79 Å². The van der Waals surface area contributed by atoms with Crippen LogP contribution in [0.5, 0.6) is 0 Å². The third-order valence-electron chi connectivity index (χ3n) is 3.61. The number of imidazole rings is 1. The summed E-state index contributed by atoms with van der Waals surface area (Å²) in [6.07, 6.45) is 9.10. The first-order valence-electron chi connectivity index (χ1n) is 7.29. The molecule has 0 aromatic carbocycles. The summed E-state index contributed by atoms with van der Waals surface area (Å²) >= 11 is 1.40. The molecule has 4 aromatic heterocycles. The zero-order valence-electron chi connectivity index (χ0n) is 13.1. The number of nitrogens with one attached hydrogen (secondary N) is 1. The quantitative estimate of drug-likeness (QED) is 0.623. The largest absolute Gasteiger partial charge is 0.306 e. The predicted molar refractivity (Wildman–Crippen MR) is 92.2 cm³/mol. The van der Waals surface area contributed by atoms with E-state index >= 15 is 0 Å². The number of rotatable bonds is 3. The zero-order chi connectivity index (χ0) is 16.7.